The lowest BCUT2D eigenvalue weighted by Crippen LogP contribution is -2.44. The highest BCUT2D eigenvalue weighted by atomic mass is 32.1. The second kappa shape index (κ2) is 7.37. The number of rotatable bonds is 4. The van der Waals surface area contributed by atoms with Gasteiger partial charge in [-0.2, -0.15) is 0 Å². The van der Waals surface area contributed by atoms with Gasteiger partial charge in [0.25, 0.3) is 0 Å². The van der Waals surface area contributed by atoms with E-state index in [0.717, 1.165) is 17.0 Å². The fraction of sp³-hybridized carbons (Fsp3) is 0.500. The molecule has 0 atom stereocenters. The third kappa shape index (κ3) is 3.76. The Kier molecular flexibility index (Phi) is 5.34. The van der Waals surface area contributed by atoms with Gasteiger partial charge in [0.2, 0.25) is 5.91 Å². The number of carbonyl (C=O) groups is 1. The van der Waals surface area contributed by atoms with Crippen LogP contribution in [-0.4, -0.2) is 31.2 Å². The molecule has 26 heavy (non-hydrogen) atoms. The summed E-state index contributed by atoms with van der Waals surface area (Å²) < 4.78 is 10.8. The average Bonchev–Trinajstić information content (AvgIpc) is 3.11. The molecule has 0 bridgehead atoms. The van der Waals surface area contributed by atoms with Crippen LogP contribution in [0.25, 0.3) is 0 Å². The SMILES string of the molecule is COc1ccc(C2(C(=O)Nc3nc(C(C)(C)C)cs3)CCOCC2)cc1. The minimum Gasteiger partial charge on any atom is -0.497 e. The number of amides is 1. The minimum atomic E-state index is -0.599. The van der Waals surface area contributed by atoms with Gasteiger partial charge in [-0.1, -0.05) is 32.9 Å². The van der Waals surface area contributed by atoms with Crippen molar-refractivity contribution in [3.8, 4) is 5.75 Å². The second-order valence-electron chi connectivity index (χ2n) is 7.67. The molecular formula is C20H26N2O3S. The van der Waals surface area contributed by atoms with Crippen molar-refractivity contribution in [2.75, 3.05) is 25.6 Å². The molecule has 1 amide bonds. The fourth-order valence-corrected chi connectivity index (χ4v) is 4.10. The first-order valence-corrected chi connectivity index (χ1v) is 9.73. The molecule has 5 nitrogen and oxygen atoms in total. The van der Waals surface area contributed by atoms with Crippen LogP contribution >= 0.6 is 11.3 Å². The van der Waals surface area contributed by atoms with Gasteiger partial charge >= 0.3 is 0 Å². The van der Waals surface area contributed by atoms with Crippen molar-refractivity contribution in [3.05, 3.63) is 40.9 Å². The molecular weight excluding hydrogens is 348 g/mol. The molecule has 2 heterocycles. The number of thiazole rings is 1. The summed E-state index contributed by atoms with van der Waals surface area (Å²) >= 11 is 1.47. The van der Waals surface area contributed by atoms with Crippen molar-refractivity contribution < 1.29 is 14.3 Å². The van der Waals surface area contributed by atoms with Crippen molar-refractivity contribution in [1.82, 2.24) is 4.98 Å². The van der Waals surface area contributed by atoms with Crippen LogP contribution in [0.2, 0.25) is 0 Å². The van der Waals surface area contributed by atoms with Gasteiger partial charge in [-0.05, 0) is 30.5 Å². The zero-order valence-electron chi connectivity index (χ0n) is 15.8. The lowest BCUT2D eigenvalue weighted by molar-refractivity contribution is -0.125. The standard InChI is InChI=1S/C20H26N2O3S/c1-19(2,3)16-13-26-18(21-16)22-17(23)20(9-11-25-12-10-20)14-5-7-15(24-4)8-6-14/h5-8,13H,9-12H2,1-4H3,(H,21,22,23). The van der Waals surface area contributed by atoms with Gasteiger partial charge in [-0.3, -0.25) is 4.79 Å². The van der Waals surface area contributed by atoms with Crippen LogP contribution in [0.4, 0.5) is 5.13 Å². The molecule has 0 aliphatic carbocycles. The van der Waals surface area contributed by atoms with Crippen LogP contribution in [0.3, 0.4) is 0 Å². The van der Waals surface area contributed by atoms with E-state index in [-0.39, 0.29) is 11.3 Å². The van der Waals surface area contributed by atoms with Crippen LogP contribution in [0.5, 0.6) is 5.75 Å². The van der Waals surface area contributed by atoms with Crippen LogP contribution < -0.4 is 10.1 Å². The Balaban J connectivity index is 1.87. The first kappa shape index (κ1) is 18.9. The van der Waals surface area contributed by atoms with E-state index in [2.05, 4.69) is 31.1 Å². The molecule has 1 fully saturated rings. The van der Waals surface area contributed by atoms with E-state index < -0.39 is 5.41 Å². The Morgan fingerprint density at radius 1 is 1.23 bits per heavy atom. The number of nitrogens with zero attached hydrogens (tertiary/aromatic N) is 1. The highest BCUT2D eigenvalue weighted by Crippen LogP contribution is 2.37. The van der Waals surface area contributed by atoms with E-state index in [1.807, 2.05) is 29.6 Å². The molecule has 1 aliphatic rings. The first-order chi connectivity index (χ1) is 12.3. The maximum Gasteiger partial charge on any atom is 0.236 e. The molecule has 6 heteroatoms. The predicted octanol–water partition coefficient (Wildman–Crippen LogP) is 4.14. The lowest BCUT2D eigenvalue weighted by atomic mass is 9.73. The molecule has 1 aliphatic heterocycles. The molecule has 1 N–H and O–H groups in total. The maximum atomic E-state index is 13.3. The molecule has 1 saturated heterocycles. The number of ether oxygens (including phenoxy) is 2. The number of benzene rings is 1. The summed E-state index contributed by atoms with van der Waals surface area (Å²) in [6.07, 6.45) is 1.31. The number of carbonyl (C=O) groups excluding carboxylic acids is 1. The van der Waals surface area contributed by atoms with Crippen molar-refractivity contribution in [1.29, 1.82) is 0 Å². The lowest BCUT2D eigenvalue weighted by Gasteiger charge is -2.36. The van der Waals surface area contributed by atoms with Crippen molar-refractivity contribution in [2.45, 2.75) is 44.4 Å². The largest absolute Gasteiger partial charge is 0.497 e. The highest BCUT2D eigenvalue weighted by Gasteiger charge is 2.42. The molecule has 0 unspecified atom stereocenters. The summed E-state index contributed by atoms with van der Waals surface area (Å²) in [5.74, 6) is 0.770. The van der Waals surface area contributed by atoms with E-state index >= 15 is 0 Å². The van der Waals surface area contributed by atoms with Crippen LogP contribution in [0.15, 0.2) is 29.6 Å². The molecule has 2 aromatic rings. The Labute approximate surface area is 158 Å². The number of hydrogen-bond acceptors (Lipinski definition) is 5. The third-order valence-electron chi connectivity index (χ3n) is 4.92. The summed E-state index contributed by atoms with van der Waals surface area (Å²) in [5, 5.41) is 5.72. The Morgan fingerprint density at radius 2 is 1.88 bits per heavy atom. The Bertz CT molecular complexity index is 756. The van der Waals surface area contributed by atoms with Crippen LogP contribution in [0.1, 0.15) is 44.9 Å². The molecule has 3 rings (SSSR count). The van der Waals surface area contributed by atoms with Gasteiger partial charge in [0.15, 0.2) is 5.13 Å². The summed E-state index contributed by atoms with van der Waals surface area (Å²) in [7, 11) is 1.64. The zero-order valence-corrected chi connectivity index (χ0v) is 16.6. The third-order valence-corrected chi connectivity index (χ3v) is 5.67. The van der Waals surface area contributed by atoms with Crippen molar-refractivity contribution in [3.63, 3.8) is 0 Å². The van der Waals surface area contributed by atoms with E-state index in [9.17, 15) is 4.79 Å². The van der Waals surface area contributed by atoms with E-state index in [1.54, 1.807) is 7.11 Å². The summed E-state index contributed by atoms with van der Waals surface area (Å²) in [6.45, 7) is 7.50. The van der Waals surface area contributed by atoms with Crippen LogP contribution in [-0.2, 0) is 20.4 Å². The molecule has 0 spiro atoms. The van der Waals surface area contributed by atoms with Gasteiger partial charge in [-0.15, -0.1) is 11.3 Å². The molecule has 0 radical (unpaired) electrons. The Hall–Kier alpha value is -1.92. The van der Waals surface area contributed by atoms with Gasteiger partial charge in [0.1, 0.15) is 5.75 Å². The summed E-state index contributed by atoms with van der Waals surface area (Å²) in [4.78, 5) is 17.9. The number of methoxy groups -OCH3 is 1. The maximum absolute atomic E-state index is 13.3. The van der Waals surface area contributed by atoms with Gasteiger partial charge in [0, 0.05) is 24.0 Å². The quantitative estimate of drug-likeness (QED) is 0.874. The molecule has 1 aromatic heterocycles. The molecule has 1 aromatic carbocycles. The topological polar surface area (TPSA) is 60.5 Å². The minimum absolute atomic E-state index is 0.0132. The average molecular weight is 375 g/mol. The number of hydrogen-bond donors (Lipinski definition) is 1. The van der Waals surface area contributed by atoms with E-state index in [0.29, 0.717) is 31.2 Å². The smallest absolute Gasteiger partial charge is 0.236 e. The van der Waals surface area contributed by atoms with Crippen LogP contribution in [0, 0.1) is 0 Å². The Morgan fingerprint density at radius 3 is 2.42 bits per heavy atom. The van der Waals surface area contributed by atoms with Gasteiger partial charge < -0.3 is 14.8 Å². The van der Waals surface area contributed by atoms with E-state index in [1.165, 1.54) is 11.3 Å². The summed E-state index contributed by atoms with van der Waals surface area (Å²) in [5.41, 5.74) is 1.35. The van der Waals surface area contributed by atoms with E-state index in [4.69, 9.17) is 9.47 Å². The second-order valence-corrected chi connectivity index (χ2v) is 8.52. The zero-order chi connectivity index (χ0) is 18.8. The van der Waals surface area contributed by atoms with Crippen molar-refractivity contribution >= 4 is 22.4 Å². The normalized spacial score (nSPS) is 16.9. The predicted molar refractivity (Wildman–Crippen MR) is 104 cm³/mol. The molecule has 140 valence electrons. The summed E-state index contributed by atoms with van der Waals surface area (Å²) in [6, 6.07) is 7.76. The number of anilines is 1. The molecule has 0 saturated carbocycles. The van der Waals surface area contributed by atoms with Gasteiger partial charge in [-0.25, -0.2) is 4.98 Å². The number of aromatic nitrogens is 1. The highest BCUT2D eigenvalue weighted by molar-refractivity contribution is 7.14. The van der Waals surface area contributed by atoms with Crippen molar-refractivity contribution in [2.24, 2.45) is 0 Å². The first-order valence-electron chi connectivity index (χ1n) is 8.85. The number of nitrogens with one attached hydrogen (secondary N) is 1. The fourth-order valence-electron chi connectivity index (χ4n) is 3.17. The van der Waals surface area contributed by atoms with Gasteiger partial charge in [0.05, 0.1) is 18.2 Å². The monoisotopic (exact) mass is 374 g/mol.